The van der Waals surface area contributed by atoms with E-state index in [9.17, 15) is 9.59 Å². The van der Waals surface area contributed by atoms with Gasteiger partial charge in [0.05, 0.1) is 76.8 Å². The fourth-order valence-electron chi connectivity index (χ4n) is 3.35. The fraction of sp³-hybridized carbons (Fsp3) is 0.750. The lowest BCUT2D eigenvalue weighted by Gasteiger charge is -2.17. The fourth-order valence-corrected chi connectivity index (χ4v) is 3.35. The van der Waals surface area contributed by atoms with Crippen LogP contribution in [0.25, 0.3) is 0 Å². The van der Waals surface area contributed by atoms with Crippen LogP contribution in [0.3, 0.4) is 0 Å². The first-order valence-electron chi connectivity index (χ1n) is 8.27. The molecule has 3 aliphatic heterocycles. The van der Waals surface area contributed by atoms with Crippen molar-refractivity contribution in [3.8, 4) is 0 Å². The molecule has 134 valence electrons. The predicted molar refractivity (Wildman–Crippen MR) is 81.0 cm³/mol. The van der Waals surface area contributed by atoms with Crippen LogP contribution in [-0.4, -0.2) is 86.8 Å². The van der Waals surface area contributed by atoms with Crippen LogP contribution >= 0.6 is 0 Å². The van der Waals surface area contributed by atoms with Gasteiger partial charge >= 0.3 is 0 Å². The number of ether oxygens (including phenoxy) is 4. The van der Waals surface area contributed by atoms with Crippen LogP contribution in [0, 0.1) is 11.8 Å². The maximum atomic E-state index is 12.4. The van der Waals surface area contributed by atoms with E-state index in [4.69, 9.17) is 24.1 Å². The summed E-state index contributed by atoms with van der Waals surface area (Å²) >= 11 is 0. The summed E-state index contributed by atoms with van der Waals surface area (Å²) in [5.41, 5.74) is 0. The monoisotopic (exact) mass is 341 g/mol. The summed E-state index contributed by atoms with van der Waals surface area (Å²) in [7, 11) is 0. The maximum absolute atomic E-state index is 12.4. The molecule has 4 atom stereocenters. The largest absolute Gasteiger partial charge is 0.394 e. The van der Waals surface area contributed by atoms with Crippen molar-refractivity contribution in [3.63, 3.8) is 0 Å². The topological polar surface area (TPSA) is 94.5 Å². The number of amides is 2. The van der Waals surface area contributed by atoms with Crippen molar-refractivity contribution in [3.05, 3.63) is 12.2 Å². The average molecular weight is 341 g/mol. The van der Waals surface area contributed by atoms with Crippen molar-refractivity contribution >= 4 is 11.8 Å². The van der Waals surface area contributed by atoms with Gasteiger partial charge in [0.15, 0.2) is 0 Å². The SMILES string of the molecule is O=C1[C@@H]2[C@H](C(=O)N1CCOCCOCCOCCO)[C@H]1C=C[C@@H]2O1. The van der Waals surface area contributed by atoms with Gasteiger partial charge in [0, 0.05) is 0 Å². The number of imide groups is 1. The van der Waals surface area contributed by atoms with Gasteiger partial charge in [-0.3, -0.25) is 14.5 Å². The van der Waals surface area contributed by atoms with Crippen LogP contribution in [0.5, 0.6) is 0 Å². The van der Waals surface area contributed by atoms with E-state index in [1.165, 1.54) is 4.90 Å². The molecule has 0 radical (unpaired) electrons. The van der Waals surface area contributed by atoms with Crippen LogP contribution in [0.2, 0.25) is 0 Å². The van der Waals surface area contributed by atoms with Crippen molar-refractivity contribution in [1.82, 2.24) is 4.90 Å². The molecule has 8 heteroatoms. The highest BCUT2D eigenvalue weighted by molar-refractivity contribution is 6.06. The molecular formula is C16H23NO7. The van der Waals surface area contributed by atoms with Crippen LogP contribution in [0.1, 0.15) is 0 Å². The van der Waals surface area contributed by atoms with Crippen molar-refractivity contribution in [2.45, 2.75) is 12.2 Å². The first-order chi connectivity index (χ1) is 11.7. The minimum absolute atomic E-state index is 0.00243. The molecule has 0 aromatic carbocycles. The van der Waals surface area contributed by atoms with Gasteiger partial charge < -0.3 is 24.1 Å². The van der Waals surface area contributed by atoms with E-state index in [2.05, 4.69) is 0 Å². The molecule has 2 saturated heterocycles. The number of nitrogens with zero attached hydrogens (tertiary/aromatic N) is 1. The van der Waals surface area contributed by atoms with Gasteiger partial charge in [-0.05, 0) is 0 Å². The molecule has 0 spiro atoms. The number of hydrogen-bond donors (Lipinski definition) is 1. The third-order valence-electron chi connectivity index (χ3n) is 4.44. The summed E-state index contributed by atoms with van der Waals surface area (Å²) in [5, 5.41) is 8.53. The van der Waals surface area contributed by atoms with E-state index < -0.39 is 0 Å². The maximum Gasteiger partial charge on any atom is 0.236 e. The summed E-state index contributed by atoms with van der Waals surface area (Å²) in [6.07, 6.45) is 3.25. The van der Waals surface area contributed by atoms with Gasteiger partial charge in [-0.1, -0.05) is 12.2 Å². The Morgan fingerprint density at radius 2 is 1.38 bits per heavy atom. The molecule has 0 aromatic rings. The summed E-state index contributed by atoms with van der Waals surface area (Å²) in [5.74, 6) is -1.00. The highest BCUT2D eigenvalue weighted by Crippen LogP contribution is 2.44. The molecule has 0 unspecified atom stereocenters. The first-order valence-corrected chi connectivity index (χ1v) is 8.27. The lowest BCUT2D eigenvalue weighted by atomic mass is 9.85. The van der Waals surface area contributed by atoms with Gasteiger partial charge in [-0.15, -0.1) is 0 Å². The van der Waals surface area contributed by atoms with Crippen molar-refractivity contribution < 1.29 is 33.6 Å². The Bertz CT molecular complexity index is 465. The van der Waals surface area contributed by atoms with E-state index >= 15 is 0 Å². The Labute approximate surface area is 140 Å². The zero-order valence-electron chi connectivity index (χ0n) is 13.5. The Kier molecular flexibility index (Phi) is 5.96. The summed E-state index contributed by atoms with van der Waals surface area (Å²) in [6, 6.07) is 0. The lowest BCUT2D eigenvalue weighted by molar-refractivity contribution is -0.143. The molecule has 3 aliphatic rings. The Morgan fingerprint density at radius 1 is 0.875 bits per heavy atom. The minimum atomic E-state index is -0.352. The average Bonchev–Trinajstić information content (AvgIpc) is 3.25. The number of fused-ring (bicyclic) bond motifs is 5. The van der Waals surface area contributed by atoms with Crippen molar-refractivity contribution in [1.29, 1.82) is 0 Å². The van der Waals surface area contributed by atoms with Gasteiger partial charge in [0.1, 0.15) is 0 Å². The molecule has 0 saturated carbocycles. The van der Waals surface area contributed by atoms with Crippen molar-refractivity contribution in [2.75, 3.05) is 52.8 Å². The molecule has 3 rings (SSSR count). The van der Waals surface area contributed by atoms with Crippen LogP contribution in [0.4, 0.5) is 0 Å². The zero-order chi connectivity index (χ0) is 16.9. The van der Waals surface area contributed by atoms with E-state index in [0.717, 1.165) is 0 Å². The molecule has 2 bridgehead atoms. The number of carbonyl (C=O) groups excluding carboxylic acids is 2. The standard InChI is InChI=1S/C16H23NO7/c18-4-6-22-8-10-23-9-7-21-5-3-17-15(19)13-11-1-2-12(24-11)14(13)16(17)20/h1-2,11-14,18H,3-10H2/t11-,12+,13-,14+. The third-order valence-corrected chi connectivity index (χ3v) is 4.44. The zero-order valence-corrected chi connectivity index (χ0v) is 13.5. The normalized spacial score (nSPS) is 30.6. The first kappa shape index (κ1) is 17.5. The predicted octanol–water partition coefficient (Wildman–Crippen LogP) is -1.03. The summed E-state index contributed by atoms with van der Waals surface area (Å²) in [4.78, 5) is 26.0. The van der Waals surface area contributed by atoms with Crippen LogP contribution in [0.15, 0.2) is 12.2 Å². The smallest absolute Gasteiger partial charge is 0.236 e. The molecule has 0 aromatic heterocycles. The van der Waals surface area contributed by atoms with Crippen LogP contribution in [-0.2, 0) is 28.5 Å². The Morgan fingerprint density at radius 3 is 1.92 bits per heavy atom. The van der Waals surface area contributed by atoms with Gasteiger partial charge in [-0.2, -0.15) is 0 Å². The molecule has 2 amide bonds. The summed E-state index contributed by atoms with van der Waals surface area (Å²) < 4.78 is 21.3. The molecule has 3 heterocycles. The Hall–Kier alpha value is -1.32. The van der Waals surface area contributed by atoms with E-state index in [0.29, 0.717) is 39.6 Å². The van der Waals surface area contributed by atoms with Crippen LogP contribution < -0.4 is 0 Å². The second-order valence-electron chi connectivity index (χ2n) is 5.89. The van der Waals surface area contributed by atoms with Crippen molar-refractivity contribution in [2.24, 2.45) is 11.8 Å². The minimum Gasteiger partial charge on any atom is -0.394 e. The highest BCUT2D eigenvalue weighted by Gasteiger charge is 2.60. The number of rotatable bonds is 11. The summed E-state index contributed by atoms with van der Waals surface area (Å²) in [6.45, 7) is 2.54. The lowest BCUT2D eigenvalue weighted by Crippen LogP contribution is -2.37. The van der Waals surface area contributed by atoms with E-state index in [1.807, 2.05) is 12.2 Å². The molecule has 8 nitrogen and oxygen atoms in total. The highest BCUT2D eigenvalue weighted by atomic mass is 16.5. The van der Waals surface area contributed by atoms with Gasteiger partial charge in [0.2, 0.25) is 11.8 Å². The number of aliphatic hydroxyl groups excluding tert-OH is 1. The second kappa shape index (κ2) is 8.17. The van der Waals surface area contributed by atoms with Gasteiger partial charge in [0.25, 0.3) is 0 Å². The van der Waals surface area contributed by atoms with Gasteiger partial charge in [-0.25, -0.2) is 0 Å². The number of aliphatic hydroxyl groups is 1. The molecule has 2 fully saturated rings. The third kappa shape index (κ3) is 3.52. The molecule has 1 N–H and O–H groups in total. The van der Waals surface area contributed by atoms with E-state index in [-0.39, 0.29) is 49.0 Å². The molecule has 0 aliphatic carbocycles. The number of hydrogen-bond acceptors (Lipinski definition) is 7. The number of carbonyl (C=O) groups is 2. The Balaban J connectivity index is 1.28. The second-order valence-corrected chi connectivity index (χ2v) is 5.89. The number of likely N-dealkylation sites (tertiary alicyclic amines) is 1. The molecular weight excluding hydrogens is 318 g/mol. The molecule has 24 heavy (non-hydrogen) atoms. The van der Waals surface area contributed by atoms with E-state index in [1.54, 1.807) is 0 Å². The quantitative estimate of drug-likeness (QED) is 0.292.